The van der Waals surface area contributed by atoms with E-state index in [4.69, 9.17) is 27.9 Å². The van der Waals surface area contributed by atoms with Crippen LogP contribution in [0.1, 0.15) is 18.6 Å². The van der Waals surface area contributed by atoms with Gasteiger partial charge >= 0.3 is 0 Å². The number of halogens is 2. The first kappa shape index (κ1) is 15.6. The first-order valence-corrected chi connectivity index (χ1v) is 6.73. The van der Waals surface area contributed by atoms with Crippen LogP contribution in [0.15, 0.2) is 36.4 Å². The topological polar surface area (TPSA) is 72.6 Å². The molecule has 2 rings (SSSR count). The average molecular weight is 328 g/mol. The van der Waals surface area contributed by atoms with Crippen LogP contribution in [0.2, 0.25) is 10.0 Å². The fourth-order valence-electron chi connectivity index (χ4n) is 1.66. The molecule has 0 spiro atoms. The van der Waals surface area contributed by atoms with Crippen LogP contribution < -0.4 is 4.74 Å². The molecule has 0 amide bonds. The molecule has 2 aromatic carbocycles. The third-order valence-corrected chi connectivity index (χ3v) is 3.38. The Morgan fingerprint density at radius 3 is 2.19 bits per heavy atom. The summed E-state index contributed by atoms with van der Waals surface area (Å²) in [5.41, 5.74) is 0.532. The molecule has 1 N–H and O–H groups in total. The van der Waals surface area contributed by atoms with Crippen molar-refractivity contribution < 1.29 is 14.8 Å². The number of nitro groups is 1. The molecule has 21 heavy (non-hydrogen) atoms. The Labute approximate surface area is 130 Å². The summed E-state index contributed by atoms with van der Waals surface area (Å²) in [5, 5.41) is 20.5. The number of aliphatic hydroxyl groups excluding tert-OH is 1. The van der Waals surface area contributed by atoms with E-state index in [1.807, 2.05) is 0 Å². The highest BCUT2D eigenvalue weighted by Crippen LogP contribution is 2.36. The van der Waals surface area contributed by atoms with Crippen molar-refractivity contribution in [2.24, 2.45) is 0 Å². The Morgan fingerprint density at radius 1 is 1.14 bits per heavy atom. The van der Waals surface area contributed by atoms with Gasteiger partial charge in [-0.15, -0.1) is 0 Å². The van der Waals surface area contributed by atoms with E-state index >= 15 is 0 Å². The Morgan fingerprint density at radius 2 is 1.71 bits per heavy atom. The standard InChI is InChI=1S/C14H11Cl2NO4/c1-8(18)9-2-4-13(11(15)6-9)21-14-5-3-10(17(19)20)7-12(14)16/h2-8,18H,1H3/t8-/m1/s1. The van der Waals surface area contributed by atoms with E-state index in [9.17, 15) is 15.2 Å². The van der Waals surface area contributed by atoms with Gasteiger partial charge in [0, 0.05) is 12.1 Å². The number of nitro benzene ring substituents is 1. The first-order chi connectivity index (χ1) is 9.88. The molecule has 0 aromatic heterocycles. The van der Waals surface area contributed by atoms with E-state index in [0.29, 0.717) is 16.3 Å². The zero-order valence-electron chi connectivity index (χ0n) is 10.9. The molecule has 2 aromatic rings. The summed E-state index contributed by atoms with van der Waals surface area (Å²) < 4.78 is 5.54. The van der Waals surface area contributed by atoms with Gasteiger partial charge in [-0.2, -0.15) is 0 Å². The van der Waals surface area contributed by atoms with Gasteiger partial charge in [0.1, 0.15) is 11.5 Å². The van der Waals surface area contributed by atoms with Crippen molar-refractivity contribution >= 4 is 28.9 Å². The third kappa shape index (κ3) is 3.64. The zero-order valence-corrected chi connectivity index (χ0v) is 12.4. The fraction of sp³-hybridized carbons (Fsp3) is 0.143. The van der Waals surface area contributed by atoms with E-state index in [2.05, 4.69) is 0 Å². The monoisotopic (exact) mass is 327 g/mol. The minimum Gasteiger partial charge on any atom is -0.454 e. The van der Waals surface area contributed by atoms with Crippen LogP contribution in [0.25, 0.3) is 0 Å². The molecule has 0 unspecified atom stereocenters. The van der Waals surface area contributed by atoms with Crippen molar-refractivity contribution in [2.45, 2.75) is 13.0 Å². The predicted molar refractivity (Wildman–Crippen MR) is 80.3 cm³/mol. The highest BCUT2D eigenvalue weighted by Gasteiger charge is 2.13. The molecule has 0 aliphatic carbocycles. The van der Waals surface area contributed by atoms with Gasteiger partial charge in [-0.3, -0.25) is 10.1 Å². The lowest BCUT2D eigenvalue weighted by molar-refractivity contribution is -0.384. The lowest BCUT2D eigenvalue weighted by Gasteiger charge is -2.11. The van der Waals surface area contributed by atoms with E-state index in [1.54, 1.807) is 25.1 Å². The summed E-state index contributed by atoms with van der Waals surface area (Å²) in [6, 6.07) is 8.75. The zero-order chi connectivity index (χ0) is 15.6. The van der Waals surface area contributed by atoms with Gasteiger partial charge in [-0.1, -0.05) is 29.3 Å². The predicted octanol–water partition coefficient (Wildman–Crippen LogP) is 4.75. The highest BCUT2D eigenvalue weighted by molar-refractivity contribution is 6.33. The van der Waals surface area contributed by atoms with Gasteiger partial charge in [0.15, 0.2) is 0 Å². The Bertz CT molecular complexity index is 689. The molecule has 7 heteroatoms. The summed E-state index contributed by atoms with van der Waals surface area (Å²) in [6.07, 6.45) is -0.639. The van der Waals surface area contributed by atoms with Crippen molar-refractivity contribution in [2.75, 3.05) is 0 Å². The minimum absolute atomic E-state index is 0.111. The molecular weight excluding hydrogens is 317 g/mol. The van der Waals surface area contributed by atoms with Crippen LogP contribution in [0.4, 0.5) is 5.69 Å². The number of benzene rings is 2. The lowest BCUT2D eigenvalue weighted by atomic mass is 10.1. The van der Waals surface area contributed by atoms with Crippen LogP contribution in [0.5, 0.6) is 11.5 Å². The second-order valence-corrected chi connectivity index (χ2v) is 5.15. The smallest absolute Gasteiger partial charge is 0.271 e. The summed E-state index contributed by atoms with van der Waals surface area (Å²) in [6.45, 7) is 1.62. The maximum absolute atomic E-state index is 10.6. The Balaban J connectivity index is 2.28. The summed E-state index contributed by atoms with van der Waals surface area (Å²) >= 11 is 12.0. The molecule has 0 aliphatic rings. The average Bonchev–Trinajstić information content (AvgIpc) is 2.42. The van der Waals surface area contributed by atoms with Crippen LogP contribution in [0.3, 0.4) is 0 Å². The maximum Gasteiger partial charge on any atom is 0.271 e. The van der Waals surface area contributed by atoms with Crippen LogP contribution in [-0.4, -0.2) is 10.0 Å². The molecule has 5 nitrogen and oxygen atoms in total. The molecule has 0 radical (unpaired) electrons. The van der Waals surface area contributed by atoms with Gasteiger partial charge in [-0.25, -0.2) is 0 Å². The quantitative estimate of drug-likeness (QED) is 0.649. The number of hydrogen-bond acceptors (Lipinski definition) is 4. The van der Waals surface area contributed by atoms with Crippen LogP contribution in [0, 0.1) is 10.1 Å². The molecule has 0 bridgehead atoms. The van der Waals surface area contributed by atoms with Gasteiger partial charge in [0.05, 0.1) is 21.1 Å². The van der Waals surface area contributed by atoms with E-state index in [0.717, 1.165) is 0 Å². The molecule has 1 atom stereocenters. The summed E-state index contributed by atoms with van der Waals surface area (Å²) in [4.78, 5) is 10.1. The molecular formula is C14H11Cl2NO4. The largest absolute Gasteiger partial charge is 0.454 e. The Hall–Kier alpha value is -1.82. The number of hydrogen-bond donors (Lipinski definition) is 1. The van der Waals surface area contributed by atoms with Gasteiger partial charge in [0.2, 0.25) is 0 Å². The third-order valence-electron chi connectivity index (χ3n) is 2.78. The second-order valence-electron chi connectivity index (χ2n) is 4.34. The van der Waals surface area contributed by atoms with Gasteiger partial charge in [0.25, 0.3) is 5.69 Å². The number of rotatable bonds is 4. The van der Waals surface area contributed by atoms with Crippen molar-refractivity contribution in [3.05, 3.63) is 62.1 Å². The van der Waals surface area contributed by atoms with E-state index < -0.39 is 11.0 Å². The molecule has 0 aliphatic heterocycles. The maximum atomic E-state index is 10.6. The lowest BCUT2D eigenvalue weighted by Crippen LogP contribution is -1.93. The van der Waals surface area contributed by atoms with E-state index in [1.165, 1.54) is 18.2 Å². The SMILES string of the molecule is C[C@@H](O)c1ccc(Oc2ccc([N+](=O)[O-])cc2Cl)c(Cl)c1. The van der Waals surface area contributed by atoms with Crippen molar-refractivity contribution in [3.63, 3.8) is 0 Å². The Kier molecular flexibility index (Phi) is 4.67. The van der Waals surface area contributed by atoms with Crippen molar-refractivity contribution in [3.8, 4) is 11.5 Å². The second kappa shape index (κ2) is 6.30. The van der Waals surface area contributed by atoms with Gasteiger partial charge in [-0.05, 0) is 30.7 Å². The number of non-ortho nitro benzene ring substituents is 1. The molecule has 0 saturated heterocycles. The van der Waals surface area contributed by atoms with Gasteiger partial charge < -0.3 is 9.84 Å². The van der Waals surface area contributed by atoms with Crippen molar-refractivity contribution in [1.82, 2.24) is 0 Å². The minimum atomic E-state index is -0.639. The summed E-state index contributed by atoms with van der Waals surface area (Å²) in [5.74, 6) is 0.603. The number of nitrogens with zero attached hydrogens (tertiary/aromatic N) is 1. The highest BCUT2D eigenvalue weighted by atomic mass is 35.5. The summed E-state index contributed by atoms with van der Waals surface area (Å²) in [7, 11) is 0. The van der Waals surface area contributed by atoms with Crippen molar-refractivity contribution in [1.29, 1.82) is 0 Å². The van der Waals surface area contributed by atoms with Crippen LogP contribution >= 0.6 is 23.2 Å². The normalized spacial score (nSPS) is 12.0. The molecule has 0 fully saturated rings. The number of aliphatic hydroxyl groups is 1. The fourth-order valence-corrected chi connectivity index (χ4v) is 2.11. The van der Waals surface area contributed by atoms with Crippen LogP contribution in [-0.2, 0) is 0 Å². The molecule has 110 valence electrons. The number of ether oxygens (including phenoxy) is 1. The molecule has 0 heterocycles. The molecule has 0 saturated carbocycles. The van der Waals surface area contributed by atoms with E-state index in [-0.39, 0.29) is 16.5 Å². The first-order valence-electron chi connectivity index (χ1n) is 5.98.